The normalized spacial score (nSPS) is 21.5. The molecule has 0 unspecified atom stereocenters. The summed E-state index contributed by atoms with van der Waals surface area (Å²) in [4.78, 5) is 36.5. The predicted molar refractivity (Wildman–Crippen MR) is 170 cm³/mol. The molecule has 1 aliphatic heterocycles. The van der Waals surface area contributed by atoms with E-state index in [1.807, 2.05) is 39.8 Å². The highest BCUT2D eigenvalue weighted by Crippen LogP contribution is 2.41. The molecule has 2 aliphatic rings. The van der Waals surface area contributed by atoms with Crippen molar-refractivity contribution in [1.82, 2.24) is 24.8 Å². The third kappa shape index (κ3) is 7.70. The average molecular weight is 651 g/mol. The zero-order valence-electron chi connectivity index (χ0n) is 25.0. The largest absolute Gasteiger partial charge is 0.492 e. The number of imidazole rings is 1. The summed E-state index contributed by atoms with van der Waals surface area (Å²) >= 11 is 0. The molecule has 2 N–H and O–H groups in total. The Bertz CT molecular complexity index is 1360. The molecule has 3 heterocycles. The number of halogens is 2. The summed E-state index contributed by atoms with van der Waals surface area (Å²) in [5.41, 5.74) is 1.13. The van der Waals surface area contributed by atoms with Crippen molar-refractivity contribution < 1.29 is 28.9 Å². The summed E-state index contributed by atoms with van der Waals surface area (Å²) < 4.78 is 18.0. The van der Waals surface area contributed by atoms with Crippen LogP contribution in [0.3, 0.4) is 0 Å². The van der Waals surface area contributed by atoms with Crippen molar-refractivity contribution in [2.45, 2.75) is 49.8 Å². The van der Waals surface area contributed by atoms with Crippen molar-refractivity contribution in [2.24, 2.45) is 0 Å². The van der Waals surface area contributed by atoms with Crippen LogP contribution in [0.1, 0.15) is 59.1 Å². The van der Waals surface area contributed by atoms with E-state index in [1.165, 1.54) is 13.3 Å². The first-order valence-corrected chi connectivity index (χ1v) is 14.5. The molecule has 1 saturated heterocycles. The van der Waals surface area contributed by atoms with Gasteiger partial charge in [0.25, 0.3) is 5.91 Å². The lowest BCUT2D eigenvalue weighted by molar-refractivity contribution is -0.0893. The first-order chi connectivity index (χ1) is 20.4. The van der Waals surface area contributed by atoms with Gasteiger partial charge in [-0.25, -0.2) is 14.8 Å². The van der Waals surface area contributed by atoms with E-state index in [-0.39, 0.29) is 55.1 Å². The van der Waals surface area contributed by atoms with Crippen LogP contribution in [-0.2, 0) is 9.47 Å². The molecular weight excluding hydrogens is 609 g/mol. The molecule has 3 aromatic rings. The number of aromatic nitrogens is 3. The number of benzene rings is 1. The van der Waals surface area contributed by atoms with E-state index >= 15 is 0 Å². The van der Waals surface area contributed by atoms with Gasteiger partial charge in [-0.1, -0.05) is 43.2 Å². The van der Waals surface area contributed by atoms with Gasteiger partial charge in [0.1, 0.15) is 17.0 Å². The molecular formula is C31H41Cl2N5O6. The lowest BCUT2D eigenvalue weighted by atomic mass is 9.80. The van der Waals surface area contributed by atoms with Gasteiger partial charge in [0.05, 0.1) is 44.6 Å². The number of piperazine rings is 1. The summed E-state index contributed by atoms with van der Waals surface area (Å²) in [5.74, 6) is -0.118. The van der Waals surface area contributed by atoms with Crippen LogP contribution in [0.2, 0.25) is 0 Å². The smallest absolute Gasteiger partial charge is 0.356 e. The van der Waals surface area contributed by atoms with Crippen molar-refractivity contribution in [2.75, 3.05) is 47.1 Å². The highest BCUT2D eigenvalue weighted by molar-refractivity contribution is 5.98. The van der Waals surface area contributed by atoms with Crippen LogP contribution in [0.4, 0.5) is 0 Å². The van der Waals surface area contributed by atoms with Crippen LogP contribution < -0.4 is 10.1 Å². The maximum atomic E-state index is 14.2. The molecule has 240 valence electrons. The SMILES string of the molecule is COC[C@]1(O)CCCC[C@H]1n1cnc(C(=O)N2CCNC[C@H]2CCOc2ccc(C(=O)OC)nc2)c1-c1ccccc1.Cl.Cl. The number of esters is 1. The lowest BCUT2D eigenvalue weighted by Gasteiger charge is -2.41. The van der Waals surface area contributed by atoms with Crippen LogP contribution in [0.5, 0.6) is 5.75 Å². The Labute approximate surface area is 270 Å². The molecule has 2 fully saturated rings. The van der Waals surface area contributed by atoms with E-state index < -0.39 is 11.6 Å². The van der Waals surface area contributed by atoms with E-state index in [4.69, 9.17) is 9.47 Å². The predicted octanol–water partition coefficient (Wildman–Crippen LogP) is 3.95. The molecule has 1 aliphatic carbocycles. The first-order valence-electron chi connectivity index (χ1n) is 14.5. The molecule has 5 rings (SSSR count). The molecule has 13 heteroatoms. The molecule has 1 aromatic carbocycles. The van der Waals surface area contributed by atoms with Crippen LogP contribution in [0.15, 0.2) is 55.0 Å². The number of carbonyl (C=O) groups is 2. The fraction of sp³-hybridized carbons (Fsp3) is 0.484. The van der Waals surface area contributed by atoms with E-state index in [2.05, 4.69) is 20.0 Å². The summed E-state index contributed by atoms with van der Waals surface area (Å²) in [5, 5.41) is 15.0. The van der Waals surface area contributed by atoms with Gasteiger partial charge >= 0.3 is 5.97 Å². The number of hydrogen-bond acceptors (Lipinski definition) is 9. The van der Waals surface area contributed by atoms with Gasteiger partial charge in [-0.2, -0.15) is 0 Å². The lowest BCUT2D eigenvalue weighted by Crippen LogP contribution is -2.54. The number of ether oxygens (including phenoxy) is 3. The van der Waals surface area contributed by atoms with Gasteiger partial charge in [-0.05, 0) is 25.0 Å². The van der Waals surface area contributed by atoms with Crippen molar-refractivity contribution in [3.05, 3.63) is 66.4 Å². The first kappa shape index (κ1) is 35.3. The van der Waals surface area contributed by atoms with Crippen LogP contribution in [0.25, 0.3) is 11.3 Å². The molecule has 0 spiro atoms. The molecule has 1 amide bonds. The molecule has 1 saturated carbocycles. The zero-order chi connectivity index (χ0) is 29.5. The molecule has 44 heavy (non-hydrogen) atoms. The van der Waals surface area contributed by atoms with Crippen LogP contribution >= 0.6 is 24.8 Å². The molecule has 0 radical (unpaired) electrons. The maximum Gasteiger partial charge on any atom is 0.356 e. The summed E-state index contributed by atoms with van der Waals surface area (Å²) in [6, 6.07) is 12.6. The molecule has 3 atom stereocenters. The molecule has 11 nitrogen and oxygen atoms in total. The second-order valence-corrected chi connectivity index (χ2v) is 10.9. The number of carbonyl (C=O) groups excluding carboxylic acids is 2. The number of nitrogens with zero attached hydrogens (tertiary/aromatic N) is 4. The van der Waals surface area contributed by atoms with E-state index in [0.29, 0.717) is 56.2 Å². The maximum absolute atomic E-state index is 14.2. The second kappa shape index (κ2) is 16.2. The number of amides is 1. The van der Waals surface area contributed by atoms with Gasteiger partial charge in [-0.15, -0.1) is 24.8 Å². The number of rotatable bonds is 10. The number of methoxy groups -OCH3 is 2. The van der Waals surface area contributed by atoms with Gasteiger partial charge in [0.2, 0.25) is 0 Å². The minimum absolute atomic E-state index is 0. The van der Waals surface area contributed by atoms with Gasteiger partial charge in [-0.3, -0.25) is 4.79 Å². The van der Waals surface area contributed by atoms with Crippen LogP contribution in [0, 0.1) is 0 Å². The van der Waals surface area contributed by atoms with Crippen molar-refractivity contribution >= 4 is 36.7 Å². The Morgan fingerprint density at radius 1 is 1.09 bits per heavy atom. The molecule has 0 bridgehead atoms. The Kier molecular flexibility index (Phi) is 13.0. The van der Waals surface area contributed by atoms with Gasteiger partial charge < -0.3 is 34.1 Å². The minimum atomic E-state index is -1.05. The van der Waals surface area contributed by atoms with E-state index in [0.717, 1.165) is 24.8 Å². The Balaban J connectivity index is 0.00000264. The summed E-state index contributed by atoms with van der Waals surface area (Å²) in [6.07, 6.45) is 7.09. The van der Waals surface area contributed by atoms with Crippen molar-refractivity contribution in [1.29, 1.82) is 0 Å². The number of aliphatic hydroxyl groups is 1. The second-order valence-electron chi connectivity index (χ2n) is 10.9. The van der Waals surface area contributed by atoms with Gasteiger partial charge in [0.15, 0.2) is 5.69 Å². The Morgan fingerprint density at radius 2 is 1.89 bits per heavy atom. The summed E-state index contributed by atoms with van der Waals surface area (Å²) in [7, 11) is 2.91. The van der Waals surface area contributed by atoms with E-state index in [1.54, 1.807) is 25.6 Å². The highest BCUT2D eigenvalue weighted by atomic mass is 35.5. The minimum Gasteiger partial charge on any atom is -0.492 e. The standard InChI is InChI=1S/C31H39N5O6.2ClH/c1-40-20-31(39)14-7-6-10-26(31)36-21-34-27(28(36)22-8-4-3-5-9-22)29(37)35-16-15-32-18-23(35)13-17-42-24-11-12-25(33-19-24)30(38)41-2;;/h3-5,8-9,11-12,19,21,23,26,32,39H,6-7,10,13-18,20H2,1-2H3;2*1H/t23-,26-,31-;;/m1../s1. The number of nitrogens with one attached hydrogen (secondary N) is 1. The zero-order valence-corrected chi connectivity index (χ0v) is 26.6. The number of pyridine rings is 1. The Hall–Kier alpha value is -3.22. The van der Waals surface area contributed by atoms with Crippen molar-refractivity contribution in [3.63, 3.8) is 0 Å². The van der Waals surface area contributed by atoms with E-state index in [9.17, 15) is 14.7 Å². The van der Waals surface area contributed by atoms with Crippen LogP contribution in [-0.4, -0.2) is 95.1 Å². The van der Waals surface area contributed by atoms with Crippen molar-refractivity contribution in [3.8, 4) is 17.0 Å². The third-order valence-corrected chi connectivity index (χ3v) is 8.19. The fourth-order valence-electron chi connectivity index (χ4n) is 6.08. The fourth-order valence-corrected chi connectivity index (χ4v) is 6.08. The monoisotopic (exact) mass is 649 g/mol. The quantitative estimate of drug-likeness (QED) is 0.314. The third-order valence-electron chi connectivity index (χ3n) is 8.19. The molecule has 2 aromatic heterocycles. The van der Waals surface area contributed by atoms with Gasteiger partial charge in [0, 0.05) is 44.8 Å². The number of hydrogen-bond donors (Lipinski definition) is 2. The Morgan fingerprint density at radius 3 is 2.59 bits per heavy atom. The topological polar surface area (TPSA) is 128 Å². The highest BCUT2D eigenvalue weighted by Gasteiger charge is 2.42. The average Bonchev–Trinajstić information content (AvgIpc) is 3.46. The summed E-state index contributed by atoms with van der Waals surface area (Å²) in [6.45, 7) is 2.43.